The Kier molecular flexibility index (Phi) is 6.21. The summed E-state index contributed by atoms with van der Waals surface area (Å²) in [6.45, 7) is 3.07. The molecule has 0 spiro atoms. The Labute approximate surface area is 223 Å². The highest BCUT2D eigenvalue weighted by Crippen LogP contribution is 2.63. The fraction of sp³-hybridized carbons (Fsp3) is 0.235. The maximum atomic E-state index is 13.0. The number of rotatable bonds is 9. The normalized spacial score (nSPS) is 20.2. The number of benzene rings is 4. The van der Waals surface area contributed by atoms with E-state index in [2.05, 4.69) is 78.1 Å². The maximum absolute atomic E-state index is 13.0. The predicted octanol–water partition coefficient (Wildman–Crippen LogP) is 5.80. The highest BCUT2D eigenvalue weighted by atomic mass is 16.5. The zero-order valence-corrected chi connectivity index (χ0v) is 21.6. The molecule has 0 radical (unpaired) electrons. The highest BCUT2D eigenvalue weighted by Gasteiger charge is 2.58. The Bertz CT molecular complexity index is 1390. The number of carbonyl (C=O) groups excluding carboxylic acids is 2. The van der Waals surface area contributed by atoms with Gasteiger partial charge in [-0.25, -0.2) is 0 Å². The van der Waals surface area contributed by atoms with Crippen LogP contribution < -0.4 is 5.32 Å². The lowest BCUT2D eigenvalue weighted by Gasteiger charge is -2.57. The summed E-state index contributed by atoms with van der Waals surface area (Å²) in [5, 5.41) is 3.55. The van der Waals surface area contributed by atoms with Crippen LogP contribution in [0.2, 0.25) is 0 Å². The second-order valence-corrected chi connectivity index (χ2v) is 10.1. The van der Waals surface area contributed by atoms with Gasteiger partial charge in [-0.05, 0) is 46.7 Å². The van der Waals surface area contributed by atoms with E-state index in [-0.39, 0.29) is 18.3 Å². The Morgan fingerprint density at radius 3 is 1.58 bits per heavy atom. The van der Waals surface area contributed by atoms with Crippen molar-refractivity contribution in [1.82, 2.24) is 5.32 Å². The summed E-state index contributed by atoms with van der Waals surface area (Å²) in [6.07, 6.45) is 0.967. The van der Waals surface area contributed by atoms with Crippen LogP contribution in [0.5, 0.6) is 0 Å². The molecule has 0 heterocycles. The molecule has 0 atom stereocenters. The molecule has 0 unspecified atom stereocenters. The number of hydrogen-bond acceptors (Lipinski definition) is 4. The second kappa shape index (κ2) is 9.70. The first-order valence-electron chi connectivity index (χ1n) is 13.4. The van der Waals surface area contributed by atoms with Gasteiger partial charge in [0, 0.05) is 23.9 Å². The molecule has 0 amide bonds. The largest absolute Gasteiger partial charge is 0.466 e. The molecule has 4 nitrogen and oxygen atoms in total. The summed E-state index contributed by atoms with van der Waals surface area (Å²) in [4.78, 5) is 25.6. The fourth-order valence-electron chi connectivity index (χ4n) is 6.85. The van der Waals surface area contributed by atoms with Crippen molar-refractivity contribution in [3.63, 3.8) is 0 Å². The number of ketones is 1. The minimum Gasteiger partial charge on any atom is -0.466 e. The van der Waals surface area contributed by atoms with E-state index >= 15 is 0 Å². The standard InChI is InChI=1S/C34H31NO3/c1-2-38-32(37)20-21-33-25-14-6-9-17-28(25)34(29-18-10-7-15-26(29)33,30-19-11-8-16-27(30)33)23-35-22-31(36)24-12-4-3-5-13-24/h3-19,35H,2,20-23H2,1H3. The Morgan fingerprint density at radius 1 is 0.658 bits per heavy atom. The Morgan fingerprint density at radius 2 is 1.11 bits per heavy atom. The summed E-state index contributed by atoms with van der Waals surface area (Å²) in [7, 11) is 0. The van der Waals surface area contributed by atoms with E-state index in [1.165, 1.54) is 33.4 Å². The molecule has 3 aliphatic rings. The van der Waals surface area contributed by atoms with Crippen molar-refractivity contribution >= 4 is 11.8 Å². The molecule has 3 aliphatic carbocycles. The van der Waals surface area contributed by atoms with Crippen LogP contribution in [-0.4, -0.2) is 31.4 Å². The molecule has 0 aliphatic heterocycles. The minimum atomic E-state index is -0.452. The summed E-state index contributed by atoms with van der Waals surface area (Å²) in [5.74, 6) is -0.0925. The first kappa shape index (κ1) is 24.3. The van der Waals surface area contributed by atoms with Crippen LogP contribution >= 0.6 is 0 Å². The van der Waals surface area contributed by atoms with E-state index in [0.29, 0.717) is 31.6 Å². The van der Waals surface area contributed by atoms with Crippen molar-refractivity contribution in [1.29, 1.82) is 0 Å². The van der Waals surface area contributed by atoms with E-state index in [0.717, 1.165) is 0 Å². The van der Waals surface area contributed by atoms with Crippen LogP contribution in [-0.2, 0) is 20.4 Å². The van der Waals surface area contributed by atoms with Gasteiger partial charge in [-0.3, -0.25) is 9.59 Å². The third-order valence-electron chi connectivity index (χ3n) is 8.32. The van der Waals surface area contributed by atoms with E-state index in [9.17, 15) is 9.59 Å². The topological polar surface area (TPSA) is 55.4 Å². The summed E-state index contributed by atoms with van der Waals surface area (Å²) >= 11 is 0. The average molecular weight is 502 g/mol. The van der Waals surface area contributed by atoms with Gasteiger partial charge in [-0.1, -0.05) is 103 Å². The molecule has 7 rings (SSSR count). The third kappa shape index (κ3) is 3.55. The highest BCUT2D eigenvalue weighted by molar-refractivity contribution is 5.97. The van der Waals surface area contributed by atoms with E-state index in [1.54, 1.807) is 0 Å². The van der Waals surface area contributed by atoms with E-state index < -0.39 is 10.8 Å². The van der Waals surface area contributed by atoms with Gasteiger partial charge in [-0.2, -0.15) is 0 Å². The average Bonchev–Trinajstić information content (AvgIpc) is 2.97. The smallest absolute Gasteiger partial charge is 0.305 e. The van der Waals surface area contributed by atoms with Crippen molar-refractivity contribution in [2.75, 3.05) is 19.7 Å². The lowest BCUT2D eigenvalue weighted by atomic mass is 9.46. The van der Waals surface area contributed by atoms with Crippen LogP contribution in [0.15, 0.2) is 103 Å². The number of esters is 1. The maximum Gasteiger partial charge on any atom is 0.305 e. The van der Waals surface area contributed by atoms with Crippen LogP contribution in [0.4, 0.5) is 0 Å². The first-order chi connectivity index (χ1) is 18.6. The Hall–Kier alpha value is -4.02. The molecule has 1 N–H and O–H groups in total. The van der Waals surface area contributed by atoms with Crippen LogP contribution in [0.3, 0.4) is 0 Å². The molecule has 4 heteroatoms. The zero-order valence-electron chi connectivity index (χ0n) is 21.6. The van der Waals surface area contributed by atoms with Crippen LogP contribution in [0.25, 0.3) is 0 Å². The zero-order chi connectivity index (χ0) is 26.2. The van der Waals surface area contributed by atoms with Crippen molar-refractivity contribution in [3.05, 3.63) is 142 Å². The van der Waals surface area contributed by atoms with Crippen LogP contribution in [0, 0.1) is 0 Å². The van der Waals surface area contributed by atoms with Crippen molar-refractivity contribution in [2.45, 2.75) is 30.6 Å². The van der Waals surface area contributed by atoms with Gasteiger partial charge in [0.15, 0.2) is 5.78 Å². The van der Waals surface area contributed by atoms with Gasteiger partial charge in [0.2, 0.25) is 0 Å². The molecular formula is C34H31NO3. The van der Waals surface area contributed by atoms with Gasteiger partial charge in [0.25, 0.3) is 0 Å². The number of hydrogen-bond donors (Lipinski definition) is 1. The fourth-order valence-corrected chi connectivity index (χ4v) is 6.85. The van der Waals surface area contributed by atoms with E-state index in [4.69, 9.17) is 4.74 Å². The number of nitrogens with one attached hydrogen (secondary N) is 1. The molecule has 38 heavy (non-hydrogen) atoms. The van der Waals surface area contributed by atoms with Crippen LogP contribution in [0.1, 0.15) is 63.5 Å². The second-order valence-electron chi connectivity index (χ2n) is 10.1. The molecule has 0 saturated carbocycles. The number of Topliss-reactive ketones (excluding diaryl/α,β-unsaturated/α-hetero) is 1. The summed E-state index contributed by atoms with van der Waals surface area (Å²) in [6, 6.07) is 35.3. The van der Waals surface area contributed by atoms with E-state index in [1.807, 2.05) is 37.3 Å². The molecule has 0 fully saturated rings. The molecular weight excluding hydrogens is 470 g/mol. The van der Waals surface area contributed by atoms with Gasteiger partial charge < -0.3 is 10.1 Å². The van der Waals surface area contributed by atoms with Gasteiger partial charge in [0.05, 0.1) is 18.6 Å². The predicted molar refractivity (Wildman–Crippen MR) is 149 cm³/mol. The number of carbonyl (C=O) groups is 2. The molecule has 4 aromatic rings. The molecule has 0 aromatic heterocycles. The van der Waals surface area contributed by atoms with Crippen molar-refractivity contribution in [3.8, 4) is 0 Å². The van der Waals surface area contributed by atoms with Crippen molar-refractivity contribution < 1.29 is 14.3 Å². The lowest BCUT2D eigenvalue weighted by Crippen LogP contribution is -2.55. The summed E-state index contributed by atoms with van der Waals surface area (Å²) in [5.41, 5.74) is 7.23. The minimum absolute atomic E-state index is 0.0762. The van der Waals surface area contributed by atoms with Gasteiger partial charge in [0.1, 0.15) is 0 Å². The first-order valence-corrected chi connectivity index (χ1v) is 13.4. The van der Waals surface area contributed by atoms with Crippen molar-refractivity contribution in [2.24, 2.45) is 0 Å². The summed E-state index contributed by atoms with van der Waals surface area (Å²) < 4.78 is 5.35. The molecule has 190 valence electrons. The molecule has 4 aromatic carbocycles. The van der Waals surface area contributed by atoms with Gasteiger partial charge in [-0.15, -0.1) is 0 Å². The molecule has 2 bridgehead atoms. The Balaban J connectivity index is 1.48. The SMILES string of the molecule is CCOC(=O)CCC12c3ccccc3C(CNCC(=O)c3ccccc3)(c3ccccc31)c1ccccc12. The third-order valence-corrected chi connectivity index (χ3v) is 8.32. The van der Waals surface area contributed by atoms with Gasteiger partial charge >= 0.3 is 5.97 Å². The molecule has 0 saturated heterocycles. The number of ether oxygens (including phenoxy) is 1. The quantitative estimate of drug-likeness (QED) is 0.233. The lowest BCUT2D eigenvalue weighted by molar-refractivity contribution is -0.143. The monoisotopic (exact) mass is 501 g/mol.